The van der Waals surface area contributed by atoms with Crippen molar-refractivity contribution in [2.24, 2.45) is 0 Å². The summed E-state index contributed by atoms with van der Waals surface area (Å²) in [6.45, 7) is 3.25. The molecule has 7 rings (SSSR count). The lowest BCUT2D eigenvalue weighted by Crippen LogP contribution is -2.60. The van der Waals surface area contributed by atoms with Crippen LogP contribution >= 0.6 is 11.6 Å². The van der Waals surface area contributed by atoms with Gasteiger partial charge in [-0.25, -0.2) is 9.37 Å². The Bertz CT molecular complexity index is 1600. The van der Waals surface area contributed by atoms with Gasteiger partial charge in [-0.1, -0.05) is 48.7 Å². The van der Waals surface area contributed by atoms with E-state index in [9.17, 15) is 5.11 Å². The summed E-state index contributed by atoms with van der Waals surface area (Å²) in [5.74, 6) is 0.898. The van der Waals surface area contributed by atoms with E-state index in [1.54, 1.807) is 12.1 Å². The third kappa shape index (κ3) is 4.24. The van der Waals surface area contributed by atoms with Crippen molar-refractivity contribution in [3.8, 4) is 16.9 Å². The van der Waals surface area contributed by atoms with Crippen LogP contribution in [0.2, 0.25) is 5.02 Å². The monoisotopic (exact) mass is 560 g/mol. The molecule has 2 N–H and O–H groups in total. The normalized spacial score (nSPS) is 21.7. The number of nitrogens with zero attached hydrogens (tertiary/aromatic N) is 5. The minimum absolute atomic E-state index is 0.0628. The van der Waals surface area contributed by atoms with Gasteiger partial charge >= 0.3 is 0 Å². The van der Waals surface area contributed by atoms with Crippen LogP contribution in [0.4, 0.5) is 16.2 Å². The first-order valence-electron chi connectivity index (χ1n) is 14.2. The lowest BCUT2D eigenvalue weighted by molar-refractivity contribution is 0.245. The highest BCUT2D eigenvalue weighted by molar-refractivity contribution is 6.35. The van der Waals surface area contributed by atoms with E-state index in [0.717, 1.165) is 55.6 Å². The summed E-state index contributed by atoms with van der Waals surface area (Å²) in [6, 6.07) is 13.8. The van der Waals surface area contributed by atoms with E-state index in [2.05, 4.69) is 34.1 Å². The number of phenolic OH excluding ortho intramolecular Hbond substituents is 1. The van der Waals surface area contributed by atoms with Crippen molar-refractivity contribution < 1.29 is 9.50 Å². The average molecular weight is 561 g/mol. The molecule has 0 amide bonds. The Labute approximate surface area is 238 Å². The highest BCUT2D eigenvalue weighted by Crippen LogP contribution is 2.43. The third-order valence-electron chi connectivity index (χ3n) is 9.00. The SMILES string of the molecule is CN(C)C1CN(c2nc(N3CCNC4CCCCC43)c3cc(Cl)c(-c4cc(O)cc5ccccc45)c(F)c3n2)C1. The molecule has 0 bridgehead atoms. The van der Waals surface area contributed by atoms with Gasteiger partial charge in [0.1, 0.15) is 17.1 Å². The summed E-state index contributed by atoms with van der Waals surface area (Å²) in [5, 5.41) is 16.8. The van der Waals surface area contributed by atoms with Crippen molar-refractivity contribution in [2.75, 3.05) is 50.1 Å². The quantitative estimate of drug-likeness (QED) is 0.345. The summed E-state index contributed by atoms with van der Waals surface area (Å²) in [6.07, 6.45) is 4.61. The fourth-order valence-corrected chi connectivity index (χ4v) is 7.04. The topological polar surface area (TPSA) is 67.8 Å². The molecular weight excluding hydrogens is 527 g/mol. The van der Waals surface area contributed by atoms with E-state index >= 15 is 4.39 Å². The van der Waals surface area contributed by atoms with E-state index in [4.69, 9.17) is 21.6 Å². The van der Waals surface area contributed by atoms with Gasteiger partial charge in [-0.15, -0.1) is 0 Å². The van der Waals surface area contributed by atoms with Crippen LogP contribution in [0.25, 0.3) is 32.8 Å². The van der Waals surface area contributed by atoms with Crippen LogP contribution < -0.4 is 15.1 Å². The van der Waals surface area contributed by atoms with Crippen molar-refractivity contribution in [3.05, 3.63) is 53.3 Å². The number of phenols is 1. The van der Waals surface area contributed by atoms with Crippen molar-refractivity contribution in [3.63, 3.8) is 0 Å². The maximum absolute atomic E-state index is 16.8. The minimum Gasteiger partial charge on any atom is -0.508 e. The molecule has 2 aliphatic heterocycles. The molecule has 1 aliphatic carbocycles. The number of likely N-dealkylation sites (N-methyl/N-ethyl adjacent to an activating group) is 1. The summed E-state index contributed by atoms with van der Waals surface area (Å²) >= 11 is 6.91. The lowest BCUT2D eigenvalue weighted by atomic mass is 9.87. The largest absolute Gasteiger partial charge is 0.508 e. The van der Waals surface area contributed by atoms with Crippen molar-refractivity contribution in [1.82, 2.24) is 20.2 Å². The highest BCUT2D eigenvalue weighted by atomic mass is 35.5. The Balaban J connectivity index is 1.44. The van der Waals surface area contributed by atoms with Crippen LogP contribution in [0.5, 0.6) is 5.75 Å². The van der Waals surface area contributed by atoms with Crippen molar-refractivity contribution >= 4 is 45.0 Å². The predicted molar refractivity (Wildman–Crippen MR) is 160 cm³/mol. The van der Waals surface area contributed by atoms with Crippen LogP contribution in [-0.4, -0.2) is 78.4 Å². The molecule has 2 unspecified atom stereocenters. The van der Waals surface area contributed by atoms with Crippen LogP contribution in [0.3, 0.4) is 0 Å². The Morgan fingerprint density at radius 3 is 2.67 bits per heavy atom. The number of hydrogen-bond acceptors (Lipinski definition) is 7. The Hall–Kier alpha value is -3.20. The van der Waals surface area contributed by atoms with Gasteiger partial charge in [0.2, 0.25) is 5.95 Å². The van der Waals surface area contributed by atoms with Gasteiger partial charge in [0.05, 0.1) is 5.02 Å². The van der Waals surface area contributed by atoms with Gasteiger partial charge in [0.15, 0.2) is 5.82 Å². The zero-order valence-electron chi connectivity index (χ0n) is 22.9. The minimum atomic E-state index is -0.483. The van der Waals surface area contributed by atoms with Crippen LogP contribution in [0.15, 0.2) is 42.5 Å². The Kier molecular flexibility index (Phi) is 6.45. The summed E-state index contributed by atoms with van der Waals surface area (Å²) in [5.41, 5.74) is 1.07. The Morgan fingerprint density at radius 2 is 1.85 bits per heavy atom. The number of halogens is 2. The average Bonchev–Trinajstić information content (AvgIpc) is 2.91. The molecule has 7 nitrogen and oxygen atoms in total. The number of piperazine rings is 1. The van der Waals surface area contributed by atoms with Gasteiger partial charge in [0.25, 0.3) is 0 Å². The number of rotatable bonds is 4. The first-order valence-corrected chi connectivity index (χ1v) is 14.6. The molecule has 3 aliphatic rings. The second kappa shape index (κ2) is 10.0. The predicted octanol–water partition coefficient (Wildman–Crippen LogP) is 5.42. The van der Waals surface area contributed by atoms with Crippen molar-refractivity contribution in [2.45, 2.75) is 43.8 Å². The molecule has 1 saturated carbocycles. The molecule has 4 aromatic rings. The van der Waals surface area contributed by atoms with Crippen LogP contribution in [0.1, 0.15) is 25.7 Å². The molecule has 3 heterocycles. The fourth-order valence-electron chi connectivity index (χ4n) is 6.74. The standard InChI is InChI=1S/C31H34ClFN6O/c1-37(2)19-16-38(17-19)31-35-29-23(30(36-31)39-12-11-34-25-9-5-6-10-26(25)39)15-24(32)27(28(29)33)22-14-20(40)13-18-7-3-4-8-21(18)22/h3-4,7-8,13-15,19,25-26,34,40H,5-6,9-12,16-17H2,1-2H3. The molecule has 208 valence electrons. The van der Waals surface area contributed by atoms with Gasteiger partial charge in [-0.05, 0) is 61.5 Å². The second-order valence-electron chi connectivity index (χ2n) is 11.6. The van der Waals surface area contributed by atoms with E-state index < -0.39 is 5.82 Å². The number of fused-ring (bicyclic) bond motifs is 3. The maximum Gasteiger partial charge on any atom is 0.228 e. The summed E-state index contributed by atoms with van der Waals surface area (Å²) in [7, 11) is 4.15. The first-order chi connectivity index (χ1) is 19.4. The number of aromatic nitrogens is 2. The van der Waals surface area contributed by atoms with Gasteiger partial charge in [-0.3, -0.25) is 0 Å². The summed E-state index contributed by atoms with van der Waals surface area (Å²) in [4.78, 5) is 16.6. The second-order valence-corrected chi connectivity index (χ2v) is 12.0. The fraction of sp³-hybridized carbons (Fsp3) is 0.419. The lowest BCUT2D eigenvalue weighted by Gasteiger charge is -2.46. The number of anilines is 2. The molecule has 40 heavy (non-hydrogen) atoms. The van der Waals surface area contributed by atoms with Gasteiger partial charge in [-0.2, -0.15) is 4.98 Å². The molecule has 3 fully saturated rings. The summed E-state index contributed by atoms with van der Waals surface area (Å²) < 4.78 is 16.8. The molecule has 1 aromatic heterocycles. The smallest absolute Gasteiger partial charge is 0.228 e. The van der Waals surface area contributed by atoms with Gasteiger partial charge < -0.3 is 25.1 Å². The number of aromatic hydroxyl groups is 1. The molecule has 9 heteroatoms. The molecule has 2 atom stereocenters. The zero-order valence-corrected chi connectivity index (χ0v) is 23.6. The Morgan fingerprint density at radius 1 is 1.05 bits per heavy atom. The van der Waals surface area contributed by atoms with Crippen LogP contribution in [-0.2, 0) is 0 Å². The molecule has 0 spiro atoms. The zero-order chi connectivity index (χ0) is 27.5. The highest BCUT2D eigenvalue weighted by Gasteiger charge is 2.37. The van der Waals surface area contributed by atoms with E-state index in [1.807, 2.05) is 30.3 Å². The molecule has 2 saturated heterocycles. The number of benzene rings is 3. The number of hydrogen-bond donors (Lipinski definition) is 2. The maximum atomic E-state index is 16.8. The van der Waals surface area contributed by atoms with Crippen LogP contribution in [0, 0.1) is 5.82 Å². The van der Waals surface area contributed by atoms with Crippen molar-refractivity contribution in [1.29, 1.82) is 0 Å². The molecular formula is C31H34ClFN6O. The first kappa shape index (κ1) is 25.7. The molecule has 3 aromatic carbocycles. The van der Waals surface area contributed by atoms with E-state index in [1.165, 1.54) is 12.8 Å². The van der Waals surface area contributed by atoms with E-state index in [0.29, 0.717) is 35.0 Å². The molecule has 0 radical (unpaired) electrons. The third-order valence-corrected chi connectivity index (χ3v) is 9.30. The number of nitrogens with one attached hydrogen (secondary N) is 1. The van der Waals surface area contributed by atoms with Gasteiger partial charge in [0, 0.05) is 55.3 Å². The van der Waals surface area contributed by atoms with E-state index in [-0.39, 0.29) is 21.9 Å².